The molecule has 1 rings (SSSR count). The third-order valence-corrected chi connectivity index (χ3v) is 4.10. The van der Waals surface area contributed by atoms with E-state index in [2.05, 4.69) is 31.1 Å². The Labute approximate surface area is 107 Å². The molecule has 2 unspecified atom stereocenters. The number of aliphatic hydroxyl groups is 1. The van der Waals surface area contributed by atoms with Gasteiger partial charge >= 0.3 is 0 Å². The Morgan fingerprint density at radius 3 is 2.65 bits per heavy atom. The van der Waals surface area contributed by atoms with Crippen molar-refractivity contribution in [1.82, 2.24) is 10.2 Å². The van der Waals surface area contributed by atoms with Gasteiger partial charge in [0, 0.05) is 13.1 Å². The number of rotatable bonds is 7. The van der Waals surface area contributed by atoms with E-state index < -0.39 is 0 Å². The molecule has 0 radical (unpaired) electrons. The van der Waals surface area contributed by atoms with E-state index in [0.717, 1.165) is 31.8 Å². The number of hydrogen-bond acceptors (Lipinski definition) is 3. The Bertz CT molecular complexity index is 193. The summed E-state index contributed by atoms with van der Waals surface area (Å²) in [6, 6.07) is 0. The Balaban J connectivity index is 2.14. The first-order chi connectivity index (χ1) is 8.17. The zero-order chi connectivity index (χ0) is 12.7. The first-order valence-corrected chi connectivity index (χ1v) is 7.24. The molecule has 0 amide bonds. The number of nitrogens with zero attached hydrogens (tertiary/aromatic N) is 1. The lowest BCUT2D eigenvalue weighted by molar-refractivity contribution is 0.0983. The van der Waals surface area contributed by atoms with Crippen molar-refractivity contribution in [2.45, 2.75) is 45.6 Å². The predicted molar refractivity (Wildman–Crippen MR) is 73.2 cm³/mol. The molecular weight excluding hydrogens is 212 g/mol. The van der Waals surface area contributed by atoms with Gasteiger partial charge in [-0.15, -0.1) is 0 Å². The van der Waals surface area contributed by atoms with E-state index >= 15 is 0 Å². The molecule has 2 N–H and O–H groups in total. The number of hydrogen-bond donors (Lipinski definition) is 2. The normalized spacial score (nSPS) is 24.2. The molecule has 1 fully saturated rings. The van der Waals surface area contributed by atoms with E-state index in [9.17, 15) is 5.11 Å². The minimum absolute atomic E-state index is 0.175. The summed E-state index contributed by atoms with van der Waals surface area (Å²) in [5.41, 5.74) is 0. The van der Waals surface area contributed by atoms with Gasteiger partial charge < -0.3 is 15.3 Å². The highest BCUT2D eigenvalue weighted by Crippen LogP contribution is 2.15. The summed E-state index contributed by atoms with van der Waals surface area (Å²) >= 11 is 0. The average molecular weight is 242 g/mol. The van der Waals surface area contributed by atoms with Crippen LogP contribution in [-0.2, 0) is 0 Å². The zero-order valence-electron chi connectivity index (χ0n) is 11.8. The van der Waals surface area contributed by atoms with E-state index in [-0.39, 0.29) is 6.10 Å². The molecule has 3 heteroatoms. The van der Waals surface area contributed by atoms with Crippen LogP contribution in [0.2, 0.25) is 0 Å². The second-order valence-electron chi connectivity index (χ2n) is 5.57. The van der Waals surface area contributed by atoms with Gasteiger partial charge in [0.05, 0.1) is 6.10 Å². The maximum atomic E-state index is 10.0. The summed E-state index contributed by atoms with van der Waals surface area (Å²) in [5.74, 6) is 1.22. The fourth-order valence-electron chi connectivity index (χ4n) is 2.87. The van der Waals surface area contributed by atoms with Crippen LogP contribution >= 0.6 is 0 Å². The topological polar surface area (TPSA) is 35.5 Å². The van der Waals surface area contributed by atoms with Gasteiger partial charge in [-0.25, -0.2) is 0 Å². The second-order valence-corrected chi connectivity index (χ2v) is 5.57. The Kier molecular flexibility index (Phi) is 7.09. The van der Waals surface area contributed by atoms with Gasteiger partial charge in [-0.1, -0.05) is 26.7 Å². The molecule has 1 heterocycles. The van der Waals surface area contributed by atoms with Gasteiger partial charge in [0.15, 0.2) is 0 Å². The molecule has 0 aromatic rings. The van der Waals surface area contributed by atoms with Crippen LogP contribution in [0.4, 0.5) is 0 Å². The van der Waals surface area contributed by atoms with Crippen molar-refractivity contribution in [3.8, 4) is 0 Å². The van der Waals surface area contributed by atoms with Crippen LogP contribution < -0.4 is 5.32 Å². The minimum Gasteiger partial charge on any atom is -0.392 e. The van der Waals surface area contributed by atoms with Crippen molar-refractivity contribution < 1.29 is 5.11 Å². The Morgan fingerprint density at radius 2 is 2.06 bits per heavy atom. The molecule has 17 heavy (non-hydrogen) atoms. The van der Waals surface area contributed by atoms with Crippen molar-refractivity contribution in [2.75, 3.05) is 33.2 Å². The van der Waals surface area contributed by atoms with E-state index in [1.807, 2.05) is 0 Å². The van der Waals surface area contributed by atoms with E-state index in [4.69, 9.17) is 0 Å². The predicted octanol–water partition coefficient (Wildman–Crippen LogP) is 1.71. The Morgan fingerprint density at radius 1 is 1.35 bits per heavy atom. The molecule has 102 valence electrons. The molecule has 2 atom stereocenters. The highest BCUT2D eigenvalue weighted by atomic mass is 16.3. The average Bonchev–Trinajstić information content (AvgIpc) is 2.30. The van der Waals surface area contributed by atoms with Gasteiger partial charge in [-0.2, -0.15) is 0 Å². The van der Waals surface area contributed by atoms with Gasteiger partial charge in [0.25, 0.3) is 0 Å². The highest BCUT2D eigenvalue weighted by molar-refractivity contribution is 4.74. The standard InChI is InChI=1S/C14H30N2O/c1-4-13(5-2)14(17)10-15-9-12-7-6-8-16(3)11-12/h12-15,17H,4-11H2,1-3H3. The second kappa shape index (κ2) is 8.06. The van der Waals surface area contributed by atoms with Crippen LogP contribution in [0, 0.1) is 11.8 Å². The van der Waals surface area contributed by atoms with Gasteiger partial charge in [-0.3, -0.25) is 0 Å². The van der Waals surface area contributed by atoms with Gasteiger partial charge in [0.2, 0.25) is 0 Å². The maximum Gasteiger partial charge on any atom is 0.0692 e. The summed E-state index contributed by atoms with van der Waals surface area (Å²) in [6.45, 7) is 8.58. The first-order valence-electron chi connectivity index (χ1n) is 7.24. The fourth-order valence-corrected chi connectivity index (χ4v) is 2.87. The third-order valence-electron chi connectivity index (χ3n) is 4.10. The van der Waals surface area contributed by atoms with Crippen LogP contribution in [-0.4, -0.2) is 49.3 Å². The smallest absolute Gasteiger partial charge is 0.0692 e. The van der Waals surface area contributed by atoms with Gasteiger partial charge in [0.1, 0.15) is 0 Å². The molecule has 0 bridgehead atoms. The number of likely N-dealkylation sites (tertiary alicyclic amines) is 1. The Hall–Kier alpha value is -0.120. The number of piperidine rings is 1. The van der Waals surface area contributed by atoms with Crippen molar-refractivity contribution in [3.05, 3.63) is 0 Å². The van der Waals surface area contributed by atoms with Gasteiger partial charge in [-0.05, 0) is 44.8 Å². The largest absolute Gasteiger partial charge is 0.392 e. The van der Waals surface area contributed by atoms with Crippen molar-refractivity contribution in [1.29, 1.82) is 0 Å². The van der Waals surface area contributed by atoms with Crippen molar-refractivity contribution in [3.63, 3.8) is 0 Å². The van der Waals surface area contributed by atoms with Crippen LogP contribution in [0.25, 0.3) is 0 Å². The van der Waals surface area contributed by atoms with E-state index in [1.54, 1.807) is 0 Å². The van der Waals surface area contributed by atoms with Crippen LogP contribution in [0.1, 0.15) is 39.5 Å². The van der Waals surface area contributed by atoms with Crippen LogP contribution in [0.5, 0.6) is 0 Å². The summed E-state index contributed by atoms with van der Waals surface area (Å²) in [5, 5.41) is 13.5. The lowest BCUT2D eigenvalue weighted by atomic mass is 9.95. The molecule has 0 aromatic carbocycles. The first kappa shape index (κ1) is 14.9. The fraction of sp³-hybridized carbons (Fsp3) is 1.00. The molecule has 1 aliphatic rings. The molecule has 1 aliphatic heterocycles. The van der Waals surface area contributed by atoms with Crippen molar-refractivity contribution >= 4 is 0 Å². The monoisotopic (exact) mass is 242 g/mol. The van der Waals surface area contributed by atoms with E-state index in [0.29, 0.717) is 5.92 Å². The maximum absolute atomic E-state index is 10.0. The lowest BCUT2D eigenvalue weighted by Gasteiger charge is -2.30. The summed E-state index contributed by atoms with van der Waals surface area (Å²) in [4.78, 5) is 2.41. The molecule has 3 nitrogen and oxygen atoms in total. The molecule has 0 spiro atoms. The minimum atomic E-state index is -0.175. The van der Waals surface area contributed by atoms with E-state index in [1.165, 1.54) is 25.9 Å². The SMILES string of the molecule is CCC(CC)C(O)CNCC1CCCN(C)C1. The quantitative estimate of drug-likeness (QED) is 0.713. The molecule has 0 aromatic heterocycles. The van der Waals surface area contributed by atoms with Crippen molar-refractivity contribution in [2.24, 2.45) is 11.8 Å². The highest BCUT2D eigenvalue weighted by Gasteiger charge is 2.18. The third kappa shape index (κ3) is 5.36. The molecule has 1 saturated heterocycles. The van der Waals surface area contributed by atoms with Crippen LogP contribution in [0.15, 0.2) is 0 Å². The molecular formula is C14H30N2O. The summed E-state index contributed by atoms with van der Waals surface area (Å²) < 4.78 is 0. The number of aliphatic hydroxyl groups excluding tert-OH is 1. The lowest BCUT2D eigenvalue weighted by Crippen LogP contribution is -2.40. The molecule has 0 saturated carbocycles. The van der Waals surface area contributed by atoms with Crippen LogP contribution in [0.3, 0.4) is 0 Å². The summed E-state index contributed by atoms with van der Waals surface area (Å²) in [6.07, 6.45) is 4.62. The summed E-state index contributed by atoms with van der Waals surface area (Å²) in [7, 11) is 2.20. The number of nitrogens with one attached hydrogen (secondary N) is 1. The zero-order valence-corrected chi connectivity index (χ0v) is 11.8. The molecule has 0 aliphatic carbocycles.